The van der Waals surface area contributed by atoms with Crippen LogP contribution in [0, 0.1) is 10.1 Å². The zero-order chi connectivity index (χ0) is 18.2. The van der Waals surface area contributed by atoms with Gasteiger partial charge in [-0.2, -0.15) is 0 Å². The van der Waals surface area contributed by atoms with E-state index in [2.05, 4.69) is 4.98 Å². The number of rotatable bonds is 8. The number of thioether (sulfide) groups is 1. The lowest BCUT2D eigenvalue weighted by Gasteiger charge is -2.16. The highest BCUT2D eigenvalue weighted by Gasteiger charge is 2.15. The molecule has 8 heteroatoms. The Morgan fingerprint density at radius 2 is 2.16 bits per heavy atom. The van der Waals surface area contributed by atoms with Crippen molar-refractivity contribution >= 4 is 23.4 Å². The summed E-state index contributed by atoms with van der Waals surface area (Å²) < 4.78 is 4.98. The van der Waals surface area contributed by atoms with Crippen molar-refractivity contribution in [1.82, 2.24) is 9.88 Å². The second-order valence-corrected chi connectivity index (χ2v) is 6.31. The molecular formula is C17H19N3O4S. The summed E-state index contributed by atoms with van der Waals surface area (Å²) in [5.41, 5.74) is 1.53. The number of nitro benzene ring substituents is 1. The summed E-state index contributed by atoms with van der Waals surface area (Å²) in [4.78, 5) is 28.5. The average molecular weight is 361 g/mol. The van der Waals surface area contributed by atoms with Crippen molar-refractivity contribution in [2.45, 2.75) is 12.3 Å². The van der Waals surface area contributed by atoms with Gasteiger partial charge in [0.05, 0.1) is 30.0 Å². The van der Waals surface area contributed by atoms with Gasteiger partial charge in [-0.25, -0.2) is 0 Å². The van der Waals surface area contributed by atoms with Crippen molar-refractivity contribution in [2.24, 2.45) is 0 Å². The molecule has 0 aliphatic carbocycles. The van der Waals surface area contributed by atoms with Gasteiger partial charge in [0.25, 0.3) is 0 Å². The van der Waals surface area contributed by atoms with Crippen LogP contribution in [0.1, 0.15) is 11.3 Å². The van der Waals surface area contributed by atoms with Crippen LogP contribution >= 0.6 is 11.8 Å². The number of ether oxygens (including phenoxy) is 1. The molecule has 132 valence electrons. The normalized spacial score (nSPS) is 10.3. The Morgan fingerprint density at radius 1 is 1.36 bits per heavy atom. The van der Waals surface area contributed by atoms with E-state index < -0.39 is 4.92 Å². The molecule has 0 aliphatic heterocycles. The number of amides is 1. The Balaban J connectivity index is 1.86. The summed E-state index contributed by atoms with van der Waals surface area (Å²) >= 11 is 1.41. The fraction of sp³-hybridized carbons (Fsp3) is 0.294. The van der Waals surface area contributed by atoms with Gasteiger partial charge in [-0.3, -0.25) is 19.9 Å². The van der Waals surface area contributed by atoms with Crippen molar-refractivity contribution in [2.75, 3.05) is 19.9 Å². The third kappa shape index (κ3) is 5.46. The van der Waals surface area contributed by atoms with Gasteiger partial charge >= 0.3 is 5.69 Å². The van der Waals surface area contributed by atoms with Crippen molar-refractivity contribution < 1.29 is 14.5 Å². The number of hydrogen-bond donors (Lipinski definition) is 0. The molecule has 0 N–H and O–H groups in total. The average Bonchev–Trinajstić information content (AvgIpc) is 2.62. The number of carbonyl (C=O) groups is 1. The van der Waals surface area contributed by atoms with Crippen LogP contribution in [0.25, 0.3) is 0 Å². The molecule has 1 amide bonds. The lowest BCUT2D eigenvalue weighted by atomic mass is 10.2. The van der Waals surface area contributed by atoms with Crippen LogP contribution in [-0.2, 0) is 17.1 Å². The van der Waals surface area contributed by atoms with Crippen LogP contribution in [0.15, 0.2) is 42.6 Å². The first kappa shape index (κ1) is 18.7. The molecule has 0 bridgehead atoms. The molecule has 0 fully saturated rings. The van der Waals surface area contributed by atoms with Gasteiger partial charge < -0.3 is 9.64 Å². The number of nitrogens with zero attached hydrogens (tertiary/aromatic N) is 3. The van der Waals surface area contributed by atoms with Crippen LogP contribution in [0.4, 0.5) is 5.69 Å². The first-order valence-electron chi connectivity index (χ1n) is 7.54. The molecular weight excluding hydrogens is 342 g/mol. The van der Waals surface area contributed by atoms with E-state index in [1.54, 1.807) is 30.3 Å². The summed E-state index contributed by atoms with van der Waals surface area (Å²) in [6.07, 6.45) is 1.69. The first-order chi connectivity index (χ1) is 12.0. The number of benzene rings is 1. The van der Waals surface area contributed by atoms with E-state index in [1.165, 1.54) is 24.9 Å². The lowest BCUT2D eigenvalue weighted by Crippen LogP contribution is -2.28. The van der Waals surface area contributed by atoms with E-state index in [0.717, 1.165) is 11.3 Å². The maximum atomic E-state index is 12.2. The van der Waals surface area contributed by atoms with E-state index in [9.17, 15) is 14.9 Å². The van der Waals surface area contributed by atoms with Crippen LogP contribution in [-0.4, -0.2) is 40.6 Å². The molecule has 0 radical (unpaired) electrons. The van der Waals surface area contributed by atoms with Crippen LogP contribution in [0.3, 0.4) is 0 Å². The predicted octanol–water partition coefficient (Wildman–Crippen LogP) is 2.89. The fourth-order valence-electron chi connectivity index (χ4n) is 2.16. The molecule has 0 atom stereocenters. The molecule has 25 heavy (non-hydrogen) atoms. The zero-order valence-corrected chi connectivity index (χ0v) is 14.9. The first-order valence-corrected chi connectivity index (χ1v) is 8.69. The van der Waals surface area contributed by atoms with Crippen molar-refractivity contribution in [3.8, 4) is 5.75 Å². The molecule has 0 aliphatic rings. The smallest absolute Gasteiger partial charge is 0.311 e. The molecule has 0 saturated heterocycles. The second-order valence-electron chi connectivity index (χ2n) is 5.33. The maximum absolute atomic E-state index is 12.2. The maximum Gasteiger partial charge on any atom is 0.311 e. The largest absolute Gasteiger partial charge is 0.490 e. The van der Waals surface area contributed by atoms with Gasteiger partial charge in [-0.1, -0.05) is 12.1 Å². The molecule has 1 aromatic heterocycles. The molecule has 1 aromatic carbocycles. The monoisotopic (exact) mass is 361 g/mol. The quantitative estimate of drug-likeness (QED) is 0.531. The third-order valence-corrected chi connectivity index (χ3v) is 4.47. The summed E-state index contributed by atoms with van der Waals surface area (Å²) in [5.74, 6) is 1.01. The lowest BCUT2D eigenvalue weighted by molar-refractivity contribution is -0.385. The van der Waals surface area contributed by atoms with Crippen LogP contribution in [0.5, 0.6) is 5.75 Å². The van der Waals surface area contributed by atoms with E-state index >= 15 is 0 Å². The number of carbonyl (C=O) groups excluding carboxylic acids is 1. The molecule has 0 unspecified atom stereocenters. The molecule has 0 spiro atoms. The minimum Gasteiger partial charge on any atom is -0.490 e. The van der Waals surface area contributed by atoms with Crippen LogP contribution < -0.4 is 4.74 Å². The molecule has 2 aromatic rings. The summed E-state index contributed by atoms with van der Waals surface area (Å²) in [7, 11) is 3.13. The van der Waals surface area contributed by atoms with Gasteiger partial charge in [0.1, 0.15) is 0 Å². The SMILES string of the molecule is COc1ccc(CSCC(=O)N(C)Cc2ccccn2)cc1[N+](=O)[O-]. The number of pyridine rings is 1. The highest BCUT2D eigenvalue weighted by atomic mass is 32.2. The Labute approximate surface area is 150 Å². The summed E-state index contributed by atoms with van der Waals surface area (Å²) in [6, 6.07) is 10.4. The topological polar surface area (TPSA) is 85.6 Å². The Kier molecular flexibility index (Phi) is 6.76. The van der Waals surface area contributed by atoms with E-state index in [0.29, 0.717) is 18.1 Å². The van der Waals surface area contributed by atoms with E-state index in [1.807, 2.05) is 18.2 Å². The molecule has 7 nitrogen and oxygen atoms in total. The number of aromatic nitrogens is 1. The van der Waals surface area contributed by atoms with Crippen molar-refractivity contribution in [1.29, 1.82) is 0 Å². The summed E-state index contributed by atoms with van der Waals surface area (Å²) in [5, 5.41) is 11.0. The highest BCUT2D eigenvalue weighted by Crippen LogP contribution is 2.29. The van der Waals surface area contributed by atoms with Gasteiger partial charge in [-0.05, 0) is 23.8 Å². The molecule has 0 saturated carbocycles. The Morgan fingerprint density at radius 3 is 2.80 bits per heavy atom. The molecule has 2 rings (SSSR count). The fourth-order valence-corrected chi connectivity index (χ4v) is 3.07. The second kappa shape index (κ2) is 9.03. The predicted molar refractivity (Wildman–Crippen MR) is 96.5 cm³/mol. The van der Waals surface area contributed by atoms with Crippen molar-refractivity contribution in [3.05, 3.63) is 64.0 Å². The minimum absolute atomic E-state index is 0.0151. The van der Waals surface area contributed by atoms with Crippen molar-refractivity contribution in [3.63, 3.8) is 0 Å². The van der Waals surface area contributed by atoms with E-state index in [4.69, 9.17) is 4.74 Å². The highest BCUT2D eigenvalue weighted by molar-refractivity contribution is 7.99. The van der Waals surface area contributed by atoms with Crippen LogP contribution in [0.2, 0.25) is 0 Å². The Hall–Kier alpha value is -2.61. The number of methoxy groups -OCH3 is 1. The number of nitro groups is 1. The third-order valence-electron chi connectivity index (χ3n) is 3.49. The number of hydrogen-bond acceptors (Lipinski definition) is 6. The summed E-state index contributed by atoms with van der Waals surface area (Å²) in [6.45, 7) is 0.453. The zero-order valence-electron chi connectivity index (χ0n) is 14.0. The minimum atomic E-state index is -0.473. The standard InChI is InChI=1S/C17H19N3O4S/c1-19(10-14-5-3-4-8-18-14)17(21)12-25-11-13-6-7-16(24-2)15(9-13)20(22)23/h3-9H,10-12H2,1-2H3. The molecule has 1 heterocycles. The van der Waals surface area contributed by atoms with Gasteiger partial charge in [0.2, 0.25) is 5.91 Å². The Bertz CT molecular complexity index is 740. The van der Waals surface area contributed by atoms with Gasteiger partial charge in [0, 0.05) is 25.1 Å². The van der Waals surface area contributed by atoms with E-state index in [-0.39, 0.29) is 17.3 Å². The van der Waals surface area contributed by atoms with Gasteiger partial charge in [0.15, 0.2) is 5.75 Å². The van der Waals surface area contributed by atoms with Gasteiger partial charge in [-0.15, -0.1) is 11.8 Å².